The van der Waals surface area contributed by atoms with E-state index in [4.69, 9.17) is 0 Å². The molecule has 1 aromatic carbocycles. The SMILES string of the molecule is C[Se]C([Se]C)c1ccc([N+](=O)[O-])cc1. The van der Waals surface area contributed by atoms with Crippen molar-refractivity contribution in [1.29, 1.82) is 0 Å². The number of non-ortho nitro benzene ring substituents is 1. The second-order valence-corrected chi connectivity index (χ2v) is 8.12. The molecule has 76 valence electrons. The van der Waals surface area contributed by atoms with Crippen LogP contribution in [0.3, 0.4) is 0 Å². The molecule has 0 aromatic heterocycles. The average Bonchev–Trinajstić information content (AvgIpc) is 2.20. The van der Waals surface area contributed by atoms with Crippen molar-refractivity contribution in [3.8, 4) is 0 Å². The van der Waals surface area contributed by atoms with E-state index in [0.29, 0.717) is 33.6 Å². The Kier molecular flexibility index (Phi) is 4.62. The fraction of sp³-hybridized carbons (Fsp3) is 0.333. The van der Waals surface area contributed by atoms with Crippen LogP contribution in [0.5, 0.6) is 0 Å². The van der Waals surface area contributed by atoms with Crippen LogP contribution in [0.15, 0.2) is 24.3 Å². The zero-order valence-electron chi connectivity index (χ0n) is 7.97. The van der Waals surface area contributed by atoms with Crippen LogP contribution in [0.2, 0.25) is 11.6 Å². The van der Waals surface area contributed by atoms with Gasteiger partial charge < -0.3 is 0 Å². The molecule has 0 spiro atoms. The Morgan fingerprint density at radius 1 is 1.21 bits per heavy atom. The summed E-state index contributed by atoms with van der Waals surface area (Å²) < 4.78 is 0.649. The minimum atomic E-state index is -0.354. The number of nitrogens with zero attached hydrogens (tertiary/aromatic N) is 1. The standard InChI is InChI=1S/C9H11NO2Se2/c1-13-9(14-2)7-3-5-8(6-4-7)10(11)12/h3-6,9H,1-2H3. The monoisotopic (exact) mass is 325 g/mol. The van der Waals surface area contributed by atoms with Gasteiger partial charge >= 0.3 is 95.8 Å². The summed E-state index contributed by atoms with van der Waals surface area (Å²) in [7, 11) is 0. The van der Waals surface area contributed by atoms with Gasteiger partial charge in [-0.15, -0.1) is 0 Å². The van der Waals surface area contributed by atoms with Crippen molar-refractivity contribution in [2.45, 2.75) is 15.4 Å². The summed E-state index contributed by atoms with van der Waals surface area (Å²) in [5.74, 6) is 4.43. The first-order valence-corrected chi connectivity index (χ1v) is 9.39. The molecule has 14 heavy (non-hydrogen) atoms. The fourth-order valence-electron chi connectivity index (χ4n) is 1.12. The molecular formula is C9H11NO2Se2. The zero-order chi connectivity index (χ0) is 10.6. The summed E-state index contributed by atoms with van der Waals surface area (Å²) in [5, 5.41) is 10.4. The predicted octanol–water partition coefficient (Wildman–Crippen LogP) is 2.10. The van der Waals surface area contributed by atoms with Crippen molar-refractivity contribution in [1.82, 2.24) is 0 Å². The molecule has 0 saturated carbocycles. The van der Waals surface area contributed by atoms with Gasteiger partial charge in [-0.05, 0) is 0 Å². The molecule has 0 N–H and O–H groups in total. The van der Waals surface area contributed by atoms with Gasteiger partial charge in [0.05, 0.1) is 0 Å². The third-order valence-electron chi connectivity index (χ3n) is 1.80. The van der Waals surface area contributed by atoms with Crippen molar-refractivity contribution in [2.75, 3.05) is 0 Å². The van der Waals surface area contributed by atoms with Gasteiger partial charge in [-0.1, -0.05) is 0 Å². The summed E-state index contributed by atoms with van der Waals surface area (Å²) in [4.78, 5) is 10.1. The number of nitro groups is 1. The summed E-state index contributed by atoms with van der Waals surface area (Å²) in [5.41, 5.74) is 1.43. The van der Waals surface area contributed by atoms with E-state index < -0.39 is 0 Å². The van der Waals surface area contributed by atoms with Crippen molar-refractivity contribution in [3.63, 3.8) is 0 Å². The summed E-state index contributed by atoms with van der Waals surface area (Å²) in [6.07, 6.45) is 0. The van der Waals surface area contributed by atoms with Gasteiger partial charge in [-0.3, -0.25) is 0 Å². The Balaban J connectivity index is 2.87. The summed E-state index contributed by atoms with van der Waals surface area (Å²) in [6, 6.07) is 6.97. The Labute approximate surface area is 95.7 Å². The van der Waals surface area contributed by atoms with E-state index in [1.54, 1.807) is 12.1 Å². The molecule has 1 aromatic rings. The number of benzene rings is 1. The number of hydrogen-bond donors (Lipinski definition) is 0. The zero-order valence-corrected chi connectivity index (χ0v) is 11.4. The molecule has 0 fully saturated rings. The van der Waals surface area contributed by atoms with E-state index >= 15 is 0 Å². The third kappa shape index (κ3) is 2.82. The molecule has 0 aliphatic heterocycles. The molecule has 0 unspecified atom stereocenters. The Morgan fingerprint density at radius 3 is 2.07 bits per heavy atom. The topological polar surface area (TPSA) is 43.1 Å². The maximum atomic E-state index is 10.4. The normalized spacial score (nSPS) is 10.5. The fourth-order valence-corrected chi connectivity index (χ4v) is 5.42. The van der Waals surface area contributed by atoms with Crippen LogP contribution >= 0.6 is 0 Å². The van der Waals surface area contributed by atoms with Crippen molar-refractivity contribution in [3.05, 3.63) is 39.9 Å². The number of hydrogen-bond acceptors (Lipinski definition) is 2. The quantitative estimate of drug-likeness (QED) is 0.484. The number of nitro benzene ring substituents is 1. The van der Waals surface area contributed by atoms with E-state index in [9.17, 15) is 10.1 Å². The molecule has 0 aliphatic rings. The minimum absolute atomic E-state index is 0.180. The van der Waals surface area contributed by atoms with Crippen molar-refractivity contribution < 1.29 is 4.92 Å². The second-order valence-electron chi connectivity index (χ2n) is 2.65. The molecule has 1 rings (SSSR count). The molecular weight excluding hydrogens is 312 g/mol. The van der Waals surface area contributed by atoms with Gasteiger partial charge in [-0.25, -0.2) is 0 Å². The Hall–Kier alpha value is -0.341. The molecule has 0 aliphatic carbocycles. The molecule has 0 atom stereocenters. The second kappa shape index (κ2) is 5.52. The van der Waals surface area contributed by atoms with E-state index in [2.05, 4.69) is 11.6 Å². The average molecular weight is 323 g/mol. The summed E-state index contributed by atoms with van der Waals surface area (Å²) in [6.45, 7) is 0. The van der Waals surface area contributed by atoms with Crippen molar-refractivity contribution in [2.24, 2.45) is 0 Å². The van der Waals surface area contributed by atoms with E-state index in [1.807, 2.05) is 12.1 Å². The van der Waals surface area contributed by atoms with Crippen LogP contribution in [0.1, 0.15) is 9.28 Å². The van der Waals surface area contributed by atoms with Crippen LogP contribution in [-0.4, -0.2) is 34.8 Å². The van der Waals surface area contributed by atoms with E-state index in [1.165, 1.54) is 5.56 Å². The first kappa shape index (κ1) is 11.7. The Morgan fingerprint density at radius 2 is 1.71 bits per heavy atom. The first-order chi connectivity index (χ1) is 6.69. The molecule has 0 amide bonds. The maximum absolute atomic E-state index is 10.4. The van der Waals surface area contributed by atoms with Crippen molar-refractivity contribution >= 4 is 35.6 Å². The van der Waals surface area contributed by atoms with Crippen LogP contribution in [0, 0.1) is 10.1 Å². The van der Waals surface area contributed by atoms with Gasteiger partial charge in [0.1, 0.15) is 0 Å². The predicted molar refractivity (Wildman–Crippen MR) is 59.1 cm³/mol. The summed E-state index contributed by atoms with van der Waals surface area (Å²) >= 11 is 1.18. The van der Waals surface area contributed by atoms with Gasteiger partial charge in [0.2, 0.25) is 0 Å². The van der Waals surface area contributed by atoms with E-state index in [0.717, 1.165) is 0 Å². The van der Waals surface area contributed by atoms with Crippen LogP contribution in [0.25, 0.3) is 0 Å². The van der Waals surface area contributed by atoms with Gasteiger partial charge in [0.15, 0.2) is 0 Å². The van der Waals surface area contributed by atoms with Crippen LogP contribution in [0.4, 0.5) is 5.69 Å². The Bertz CT molecular complexity index is 309. The molecule has 0 bridgehead atoms. The molecule has 3 nitrogen and oxygen atoms in total. The molecule has 0 radical (unpaired) electrons. The van der Waals surface area contributed by atoms with Gasteiger partial charge in [-0.2, -0.15) is 0 Å². The molecule has 0 saturated heterocycles. The van der Waals surface area contributed by atoms with Crippen LogP contribution in [-0.2, 0) is 0 Å². The van der Waals surface area contributed by atoms with Crippen LogP contribution < -0.4 is 0 Å². The third-order valence-corrected chi connectivity index (χ3v) is 8.94. The van der Waals surface area contributed by atoms with E-state index in [-0.39, 0.29) is 10.6 Å². The number of rotatable bonds is 4. The van der Waals surface area contributed by atoms with Gasteiger partial charge in [0, 0.05) is 0 Å². The molecule has 5 heteroatoms. The van der Waals surface area contributed by atoms with Gasteiger partial charge in [0.25, 0.3) is 0 Å². The molecule has 0 heterocycles. The first-order valence-electron chi connectivity index (χ1n) is 3.99.